The Morgan fingerprint density at radius 3 is 0.479 bits per heavy atom. The van der Waals surface area contributed by atoms with Crippen molar-refractivity contribution in [2.45, 2.75) is 187 Å². The van der Waals surface area contributed by atoms with Gasteiger partial charge in [0.15, 0.2) is 34.7 Å². The van der Waals surface area contributed by atoms with Crippen molar-refractivity contribution in [3.63, 3.8) is 0 Å². The first kappa shape index (κ1) is 103. The SMILES string of the molecule is CCCOc1ccc(OCCC)c(C(=O)c2c[nH]cc2-c2cc(OCCC)c(-c3c[nH]cc3C(=O)c3cc(OCCC)c(C(=O)c4c[nH]cc4-c4cc(OCCC)c(-c5c[nH]cc5C(=O)c5cc(OCCC)c(C(=O)c6c[nH]cc6-c6cc(OCCC)c(-c7c[nH]cc7C(=O)c7cc(OCCC)ccc7OCCC)cc6OCCC)cc5OCCC)cc4OCCC)cc3OCCC)cc2OCCC)c1. The Hall–Kier alpha value is -14.6. The van der Waals surface area contributed by atoms with Crippen molar-refractivity contribution in [1.29, 1.82) is 0 Å². The van der Waals surface area contributed by atoms with E-state index in [0.29, 0.717) is 264 Å². The third-order valence-electron chi connectivity index (χ3n) is 22.9. The number of hydrogen-bond donors (Lipinski definition) is 6. The van der Waals surface area contributed by atoms with Crippen LogP contribution in [-0.2, 0) is 0 Å². The van der Waals surface area contributed by atoms with E-state index in [4.69, 9.17) is 66.3 Å². The van der Waals surface area contributed by atoms with E-state index in [1.54, 1.807) is 123 Å². The molecule has 7 aromatic carbocycles. The maximum Gasteiger partial charge on any atom is 0.199 e. The van der Waals surface area contributed by atoms with Crippen molar-refractivity contribution in [3.8, 4) is 147 Å². The Labute approximate surface area is 819 Å². The summed E-state index contributed by atoms with van der Waals surface area (Å²) >= 11 is 0. The third-order valence-corrected chi connectivity index (χ3v) is 22.9. The highest BCUT2D eigenvalue weighted by Crippen LogP contribution is 2.51. The van der Waals surface area contributed by atoms with Crippen molar-refractivity contribution in [2.24, 2.45) is 0 Å². The molecule has 13 aromatic rings. The summed E-state index contributed by atoms with van der Waals surface area (Å²) in [5, 5.41) is 0. The molecule has 13 rings (SSSR count). The van der Waals surface area contributed by atoms with Gasteiger partial charge in [0.1, 0.15) is 80.5 Å². The molecule has 0 fully saturated rings. The van der Waals surface area contributed by atoms with Gasteiger partial charge in [-0.1, -0.05) is 96.9 Å². The number of aromatic nitrogens is 6. The van der Waals surface area contributed by atoms with E-state index < -0.39 is 23.1 Å². The third kappa shape index (κ3) is 23.7. The lowest BCUT2D eigenvalue weighted by atomic mass is 9.90. The predicted molar refractivity (Wildman–Crippen MR) is 545 cm³/mol. The normalized spacial score (nSPS) is 11.2. The van der Waals surface area contributed by atoms with Crippen LogP contribution in [0.15, 0.2) is 171 Å². The van der Waals surface area contributed by atoms with Gasteiger partial charge in [-0.15, -0.1) is 0 Å². The highest BCUT2D eigenvalue weighted by Gasteiger charge is 2.35. The zero-order chi connectivity index (χ0) is 99.1. The smallest absolute Gasteiger partial charge is 0.199 e. The van der Waals surface area contributed by atoms with Crippen molar-refractivity contribution >= 4 is 34.7 Å². The van der Waals surface area contributed by atoms with E-state index in [9.17, 15) is 0 Å². The molecular formula is C114H132N6O20. The minimum absolute atomic E-state index is 0.122. The first-order valence-corrected chi connectivity index (χ1v) is 49.7. The number of H-pyrrole nitrogens is 6. The molecule has 0 spiro atoms. The first-order valence-electron chi connectivity index (χ1n) is 49.7. The van der Waals surface area contributed by atoms with E-state index in [1.807, 2.05) is 145 Å². The number of aromatic amines is 6. The Morgan fingerprint density at radius 1 is 0.157 bits per heavy atom. The topological polar surface area (TPSA) is 326 Å². The summed E-state index contributed by atoms with van der Waals surface area (Å²) < 4.78 is 90.8. The molecule has 738 valence electrons. The molecule has 0 aliphatic rings. The fraction of sp³-hybridized carbons (Fsp3) is 0.368. The van der Waals surface area contributed by atoms with Gasteiger partial charge >= 0.3 is 0 Å². The van der Waals surface area contributed by atoms with Gasteiger partial charge in [-0.3, -0.25) is 28.8 Å². The van der Waals surface area contributed by atoms with Crippen molar-refractivity contribution in [3.05, 3.63) is 238 Å². The summed E-state index contributed by atoms with van der Waals surface area (Å²) in [6.45, 7) is 32.2. The highest BCUT2D eigenvalue weighted by molar-refractivity contribution is 6.21. The quantitative estimate of drug-likeness (QED) is 0.0193. The van der Waals surface area contributed by atoms with Gasteiger partial charge in [-0.25, -0.2) is 0 Å². The number of benzene rings is 7. The molecule has 0 aliphatic heterocycles. The minimum Gasteiger partial charge on any atom is -0.494 e. The molecule has 0 saturated heterocycles. The van der Waals surface area contributed by atoms with Crippen LogP contribution in [0.4, 0.5) is 0 Å². The predicted octanol–water partition coefficient (Wildman–Crippen LogP) is 26.1. The molecule has 0 unspecified atom stereocenters. The van der Waals surface area contributed by atoms with Crippen LogP contribution >= 0.6 is 0 Å². The zero-order valence-electron chi connectivity index (χ0n) is 83.1. The molecule has 6 N–H and O–H groups in total. The number of hydrogen-bond acceptors (Lipinski definition) is 20. The number of nitrogens with one attached hydrogen (secondary N) is 6. The second kappa shape index (κ2) is 50.7. The Bertz CT molecular complexity index is 6030. The van der Waals surface area contributed by atoms with Gasteiger partial charge < -0.3 is 96.2 Å². The van der Waals surface area contributed by atoms with Crippen LogP contribution in [0.2, 0.25) is 0 Å². The van der Waals surface area contributed by atoms with Crippen LogP contribution in [0.3, 0.4) is 0 Å². The van der Waals surface area contributed by atoms with Gasteiger partial charge in [0.05, 0.1) is 126 Å². The van der Waals surface area contributed by atoms with Crippen molar-refractivity contribution < 1.29 is 95.1 Å². The number of rotatable bonds is 60. The Balaban J connectivity index is 0.850. The second-order valence-corrected chi connectivity index (χ2v) is 34.1. The molecule has 0 amide bonds. The molecule has 0 aliphatic carbocycles. The van der Waals surface area contributed by atoms with Crippen LogP contribution < -0.4 is 66.3 Å². The van der Waals surface area contributed by atoms with Crippen LogP contribution in [-0.4, -0.2) is 157 Å². The lowest BCUT2D eigenvalue weighted by molar-refractivity contribution is 0.102. The van der Waals surface area contributed by atoms with Crippen molar-refractivity contribution in [2.75, 3.05) is 92.5 Å². The zero-order valence-corrected chi connectivity index (χ0v) is 83.1. The maximum absolute atomic E-state index is 16.0. The second-order valence-electron chi connectivity index (χ2n) is 34.1. The number of ketones is 6. The molecule has 26 nitrogen and oxygen atoms in total. The summed E-state index contributed by atoms with van der Waals surface area (Å²) in [5.41, 5.74) is 9.09. The molecule has 140 heavy (non-hydrogen) atoms. The molecule has 0 saturated carbocycles. The fourth-order valence-electron chi connectivity index (χ4n) is 16.3. The molecule has 6 aromatic heterocycles. The largest absolute Gasteiger partial charge is 0.494 e. The van der Waals surface area contributed by atoms with E-state index in [1.165, 1.54) is 0 Å². The van der Waals surface area contributed by atoms with E-state index in [2.05, 4.69) is 29.9 Å². The monoisotopic (exact) mass is 1900 g/mol. The van der Waals surface area contributed by atoms with Gasteiger partial charge in [0.2, 0.25) is 0 Å². The Kier molecular flexibility index (Phi) is 37.2. The van der Waals surface area contributed by atoms with E-state index in [-0.39, 0.29) is 119 Å². The molecule has 0 atom stereocenters. The van der Waals surface area contributed by atoms with E-state index >= 15 is 28.8 Å². The van der Waals surface area contributed by atoms with Gasteiger partial charge in [0, 0.05) is 175 Å². The van der Waals surface area contributed by atoms with Crippen LogP contribution in [0.1, 0.15) is 282 Å². The summed E-state index contributed by atoms with van der Waals surface area (Å²) in [4.78, 5) is 113. The van der Waals surface area contributed by atoms with Crippen LogP contribution in [0.5, 0.6) is 80.5 Å². The average Bonchev–Trinajstić information content (AvgIpc) is 1.57. The van der Waals surface area contributed by atoms with Crippen LogP contribution in [0.25, 0.3) is 66.8 Å². The first-order chi connectivity index (χ1) is 68.4. The lowest BCUT2D eigenvalue weighted by Crippen LogP contribution is -2.12. The molecular weight excluding hydrogens is 1770 g/mol. The van der Waals surface area contributed by atoms with Gasteiger partial charge in [-0.2, -0.15) is 0 Å². The lowest BCUT2D eigenvalue weighted by Gasteiger charge is -2.20. The van der Waals surface area contributed by atoms with Crippen LogP contribution in [0, 0.1) is 0 Å². The summed E-state index contributed by atoms with van der Waals surface area (Å²) in [7, 11) is 0. The number of carbonyl (C=O) groups excluding carboxylic acids is 6. The summed E-state index contributed by atoms with van der Waals surface area (Å²) in [5.74, 6) is 2.60. The highest BCUT2D eigenvalue weighted by atomic mass is 16.5. The summed E-state index contributed by atoms with van der Waals surface area (Å²) in [6.07, 6.45) is 29.4. The van der Waals surface area contributed by atoms with Crippen molar-refractivity contribution in [1.82, 2.24) is 29.9 Å². The molecule has 0 bridgehead atoms. The van der Waals surface area contributed by atoms with Gasteiger partial charge in [0.25, 0.3) is 0 Å². The minimum atomic E-state index is -0.463. The number of ether oxygens (including phenoxy) is 14. The molecule has 6 heterocycles. The standard InChI is InChI=1S/C114H132N6O20/c1-15-33-127-71-29-31-97(129-35-17-3)79(47-71)109(121)91-65-115-59-85(91)73-49-101(133-39-21-7)75(51-99(73)131-37-19-5)87-61-117-67-93(87)111(123)81-55-107(139-45-27-13)83(57-105(81)137-43-25-11)113(125)95-69-119-63-89(95)77-53-104(136-42-24-10)78(54-103(77)135-41-23-9)90-64-120-70-96(90)114(126)84-58-106(138-44-26-12)82(56-108(84)140-46-28-14)112(124)94-68-118-62-88(94)76-52-100(132-38-20-6)74(50-102(76)134-40-22-8)86-60-116-66-92(86)110(122)80-48-72(128-34-16-2)30-32-98(80)130-36-18-4/h29-32,47-70,115-120H,15-28,33-46H2,1-14H3. The average molecular weight is 1910 g/mol. The molecule has 0 radical (unpaired) electrons. The fourth-order valence-corrected chi connectivity index (χ4v) is 16.3. The Morgan fingerprint density at radius 2 is 0.307 bits per heavy atom. The van der Waals surface area contributed by atoms with E-state index in [0.717, 1.165) is 25.7 Å². The summed E-state index contributed by atoms with van der Waals surface area (Å²) in [6, 6.07) is 28.0. The molecule has 26 heteroatoms. The van der Waals surface area contributed by atoms with Gasteiger partial charge in [-0.05, 0) is 187 Å². The maximum atomic E-state index is 16.0. The number of carbonyl (C=O) groups is 6.